The zero-order chi connectivity index (χ0) is 12.3. The molecule has 0 heterocycles. The van der Waals surface area contributed by atoms with E-state index in [0.717, 1.165) is 24.5 Å². The lowest BCUT2D eigenvalue weighted by atomic mass is 9.86. The molecule has 2 rings (SSSR count). The number of hydrogen-bond acceptors (Lipinski definition) is 3. The average molecular weight is 235 g/mol. The first-order chi connectivity index (χ1) is 8.31. The van der Waals surface area contributed by atoms with Crippen molar-refractivity contribution in [2.75, 3.05) is 20.8 Å². The Balaban J connectivity index is 2.48. The highest BCUT2D eigenvalue weighted by Crippen LogP contribution is 2.40. The van der Waals surface area contributed by atoms with E-state index in [1.807, 2.05) is 12.1 Å². The molecule has 0 radical (unpaired) electrons. The van der Waals surface area contributed by atoms with Gasteiger partial charge in [0.2, 0.25) is 0 Å². The van der Waals surface area contributed by atoms with E-state index in [1.54, 1.807) is 14.2 Å². The van der Waals surface area contributed by atoms with Crippen LogP contribution >= 0.6 is 0 Å². The third kappa shape index (κ3) is 2.25. The summed E-state index contributed by atoms with van der Waals surface area (Å²) in [7, 11) is 3.47. The molecule has 1 aliphatic carbocycles. The fraction of sp³-hybridized carbons (Fsp3) is 0.571. The number of methoxy groups -OCH3 is 2. The van der Waals surface area contributed by atoms with Gasteiger partial charge >= 0.3 is 0 Å². The summed E-state index contributed by atoms with van der Waals surface area (Å²) in [5, 5.41) is 3.53. The Labute approximate surface area is 103 Å². The molecule has 1 aliphatic rings. The van der Waals surface area contributed by atoms with Crippen LogP contribution in [0.5, 0.6) is 11.5 Å². The first kappa shape index (κ1) is 12.2. The Kier molecular flexibility index (Phi) is 3.89. The smallest absolute Gasteiger partial charge is 0.124 e. The van der Waals surface area contributed by atoms with Crippen LogP contribution in [0.1, 0.15) is 36.9 Å². The fourth-order valence-electron chi connectivity index (χ4n) is 2.71. The molecule has 94 valence electrons. The minimum Gasteiger partial charge on any atom is -0.496 e. The van der Waals surface area contributed by atoms with Gasteiger partial charge in [-0.3, -0.25) is 0 Å². The molecule has 0 saturated heterocycles. The zero-order valence-electron chi connectivity index (χ0n) is 10.9. The Morgan fingerprint density at radius 2 is 1.94 bits per heavy atom. The van der Waals surface area contributed by atoms with Crippen LogP contribution in [-0.2, 0) is 6.42 Å². The van der Waals surface area contributed by atoms with Crippen molar-refractivity contribution in [3.05, 3.63) is 23.3 Å². The van der Waals surface area contributed by atoms with Gasteiger partial charge in [0.15, 0.2) is 0 Å². The molecule has 1 aromatic carbocycles. The third-order valence-corrected chi connectivity index (χ3v) is 3.43. The third-order valence-electron chi connectivity index (χ3n) is 3.43. The van der Waals surface area contributed by atoms with Gasteiger partial charge in [-0.2, -0.15) is 0 Å². The van der Waals surface area contributed by atoms with E-state index in [0.29, 0.717) is 6.04 Å². The van der Waals surface area contributed by atoms with Gasteiger partial charge in [0.25, 0.3) is 0 Å². The van der Waals surface area contributed by atoms with E-state index in [2.05, 4.69) is 12.2 Å². The van der Waals surface area contributed by atoms with E-state index >= 15 is 0 Å². The molecule has 1 N–H and O–H groups in total. The van der Waals surface area contributed by atoms with Crippen LogP contribution in [0.3, 0.4) is 0 Å². The van der Waals surface area contributed by atoms with Crippen LogP contribution in [0.25, 0.3) is 0 Å². The molecule has 3 heteroatoms. The molecule has 17 heavy (non-hydrogen) atoms. The fourth-order valence-corrected chi connectivity index (χ4v) is 2.71. The summed E-state index contributed by atoms with van der Waals surface area (Å²) in [6, 6.07) is 4.41. The largest absolute Gasteiger partial charge is 0.496 e. The minimum absolute atomic E-state index is 0.397. The first-order valence-electron chi connectivity index (χ1n) is 6.29. The summed E-state index contributed by atoms with van der Waals surface area (Å²) in [4.78, 5) is 0. The van der Waals surface area contributed by atoms with Gasteiger partial charge in [-0.1, -0.05) is 6.92 Å². The standard InChI is InChI=1S/C14H21NO2/c1-4-15-11-7-5-6-10-12(16-2)8-9-13(17-3)14(10)11/h8-9,11,15H,4-7H2,1-3H3. The second-order valence-electron chi connectivity index (χ2n) is 4.36. The number of hydrogen-bond donors (Lipinski definition) is 1. The number of nitrogens with one attached hydrogen (secondary N) is 1. The molecule has 0 aliphatic heterocycles. The summed E-state index contributed by atoms with van der Waals surface area (Å²) in [6.07, 6.45) is 3.45. The quantitative estimate of drug-likeness (QED) is 0.870. The van der Waals surface area contributed by atoms with E-state index in [-0.39, 0.29) is 0 Å². The molecule has 1 aromatic rings. The second kappa shape index (κ2) is 5.41. The Bertz CT molecular complexity index is 390. The minimum atomic E-state index is 0.397. The van der Waals surface area contributed by atoms with E-state index in [4.69, 9.17) is 9.47 Å². The van der Waals surface area contributed by atoms with Crippen molar-refractivity contribution in [3.8, 4) is 11.5 Å². The van der Waals surface area contributed by atoms with Crippen molar-refractivity contribution in [2.24, 2.45) is 0 Å². The van der Waals surface area contributed by atoms with Crippen LogP contribution in [0, 0.1) is 0 Å². The molecule has 0 saturated carbocycles. The Hall–Kier alpha value is -1.22. The van der Waals surface area contributed by atoms with Gasteiger partial charge in [0, 0.05) is 17.2 Å². The highest BCUT2D eigenvalue weighted by Gasteiger charge is 2.25. The normalized spacial score (nSPS) is 18.6. The van der Waals surface area contributed by atoms with Crippen molar-refractivity contribution >= 4 is 0 Å². The van der Waals surface area contributed by atoms with Gasteiger partial charge in [-0.05, 0) is 37.9 Å². The second-order valence-corrected chi connectivity index (χ2v) is 4.36. The van der Waals surface area contributed by atoms with Gasteiger partial charge in [0.1, 0.15) is 11.5 Å². The maximum Gasteiger partial charge on any atom is 0.124 e. The predicted octanol–water partition coefficient (Wildman–Crippen LogP) is 2.69. The van der Waals surface area contributed by atoms with Crippen LogP contribution in [0.2, 0.25) is 0 Å². The average Bonchev–Trinajstić information content (AvgIpc) is 2.38. The highest BCUT2D eigenvalue weighted by atomic mass is 16.5. The molecule has 0 spiro atoms. The Morgan fingerprint density at radius 1 is 1.24 bits per heavy atom. The SMILES string of the molecule is CCNC1CCCc2c(OC)ccc(OC)c21. The highest BCUT2D eigenvalue weighted by molar-refractivity contribution is 5.51. The molecule has 1 atom stereocenters. The lowest BCUT2D eigenvalue weighted by Gasteiger charge is -2.29. The van der Waals surface area contributed by atoms with Crippen LogP contribution in [-0.4, -0.2) is 20.8 Å². The number of fused-ring (bicyclic) bond motifs is 1. The molecule has 1 unspecified atom stereocenters. The molecular formula is C14H21NO2. The maximum absolute atomic E-state index is 5.49. The molecule has 3 nitrogen and oxygen atoms in total. The van der Waals surface area contributed by atoms with Gasteiger partial charge in [0.05, 0.1) is 14.2 Å². The van der Waals surface area contributed by atoms with Crippen LogP contribution in [0.4, 0.5) is 0 Å². The summed E-state index contributed by atoms with van der Waals surface area (Å²) >= 11 is 0. The number of rotatable bonds is 4. The summed E-state index contributed by atoms with van der Waals surface area (Å²) in [6.45, 7) is 3.12. The summed E-state index contributed by atoms with van der Waals surface area (Å²) in [5.41, 5.74) is 2.60. The number of benzene rings is 1. The Morgan fingerprint density at radius 3 is 2.59 bits per heavy atom. The van der Waals surface area contributed by atoms with E-state index < -0.39 is 0 Å². The maximum atomic E-state index is 5.49. The summed E-state index contributed by atoms with van der Waals surface area (Å²) in [5.74, 6) is 1.97. The van der Waals surface area contributed by atoms with Crippen molar-refractivity contribution < 1.29 is 9.47 Å². The van der Waals surface area contributed by atoms with Gasteiger partial charge in [-0.15, -0.1) is 0 Å². The topological polar surface area (TPSA) is 30.5 Å². The van der Waals surface area contributed by atoms with E-state index in [9.17, 15) is 0 Å². The van der Waals surface area contributed by atoms with Crippen molar-refractivity contribution in [1.29, 1.82) is 0 Å². The van der Waals surface area contributed by atoms with Crippen LogP contribution in [0.15, 0.2) is 12.1 Å². The molecule has 0 aromatic heterocycles. The predicted molar refractivity (Wildman–Crippen MR) is 68.9 cm³/mol. The molecule has 0 bridgehead atoms. The zero-order valence-corrected chi connectivity index (χ0v) is 10.9. The van der Waals surface area contributed by atoms with Crippen LogP contribution < -0.4 is 14.8 Å². The van der Waals surface area contributed by atoms with E-state index in [1.165, 1.54) is 24.0 Å². The lowest BCUT2D eigenvalue weighted by Crippen LogP contribution is -2.25. The first-order valence-corrected chi connectivity index (χ1v) is 6.29. The number of ether oxygens (including phenoxy) is 2. The lowest BCUT2D eigenvalue weighted by molar-refractivity contribution is 0.370. The molecule has 0 amide bonds. The molecule has 0 fully saturated rings. The summed E-state index contributed by atoms with van der Waals surface area (Å²) < 4.78 is 10.9. The monoisotopic (exact) mass is 235 g/mol. The van der Waals surface area contributed by atoms with Crippen molar-refractivity contribution in [2.45, 2.75) is 32.2 Å². The van der Waals surface area contributed by atoms with Crippen molar-refractivity contribution in [1.82, 2.24) is 5.32 Å². The van der Waals surface area contributed by atoms with Gasteiger partial charge in [-0.25, -0.2) is 0 Å². The molecular weight excluding hydrogens is 214 g/mol. The van der Waals surface area contributed by atoms with Crippen molar-refractivity contribution in [3.63, 3.8) is 0 Å². The van der Waals surface area contributed by atoms with Gasteiger partial charge < -0.3 is 14.8 Å².